The SMILES string of the molecule is CCCNC(CCSc1ncns1)C(=O)OC. The van der Waals surface area contributed by atoms with Crippen LogP contribution in [0.2, 0.25) is 0 Å². The van der Waals surface area contributed by atoms with Gasteiger partial charge in [-0.1, -0.05) is 18.7 Å². The van der Waals surface area contributed by atoms with E-state index in [0.717, 1.165) is 29.5 Å². The zero-order valence-electron chi connectivity index (χ0n) is 10.0. The van der Waals surface area contributed by atoms with E-state index in [1.165, 1.54) is 18.6 Å². The van der Waals surface area contributed by atoms with Crippen molar-refractivity contribution in [3.05, 3.63) is 6.33 Å². The monoisotopic (exact) mass is 275 g/mol. The van der Waals surface area contributed by atoms with E-state index in [1.54, 1.807) is 18.1 Å². The summed E-state index contributed by atoms with van der Waals surface area (Å²) in [4.78, 5) is 15.6. The van der Waals surface area contributed by atoms with Gasteiger partial charge in [-0.2, -0.15) is 4.37 Å². The minimum Gasteiger partial charge on any atom is -0.468 e. The number of carbonyl (C=O) groups is 1. The maximum Gasteiger partial charge on any atom is 0.322 e. The van der Waals surface area contributed by atoms with Crippen molar-refractivity contribution >= 4 is 29.3 Å². The standard InChI is InChI=1S/C10H17N3O2S2/c1-3-5-11-8(9(14)15-2)4-6-16-10-12-7-13-17-10/h7-8,11H,3-6H2,1-2H3. The molecule has 1 unspecified atom stereocenters. The fourth-order valence-corrected chi connectivity index (χ4v) is 2.77. The van der Waals surface area contributed by atoms with Crippen LogP contribution in [0.4, 0.5) is 0 Å². The summed E-state index contributed by atoms with van der Waals surface area (Å²) in [5.74, 6) is 0.627. The third-order valence-electron chi connectivity index (χ3n) is 2.10. The van der Waals surface area contributed by atoms with Crippen LogP contribution in [0.15, 0.2) is 10.7 Å². The first-order valence-corrected chi connectivity index (χ1v) is 7.24. The molecule has 1 aromatic rings. The number of carbonyl (C=O) groups excluding carboxylic acids is 1. The van der Waals surface area contributed by atoms with Gasteiger partial charge in [0.2, 0.25) is 0 Å². The Labute approximate surface area is 110 Å². The van der Waals surface area contributed by atoms with E-state index in [4.69, 9.17) is 4.74 Å². The Balaban J connectivity index is 2.30. The number of thioether (sulfide) groups is 1. The number of nitrogens with zero attached hydrogens (tertiary/aromatic N) is 2. The average molecular weight is 275 g/mol. The fourth-order valence-electron chi connectivity index (χ4n) is 1.25. The van der Waals surface area contributed by atoms with Gasteiger partial charge >= 0.3 is 5.97 Å². The molecule has 0 saturated carbocycles. The molecule has 0 saturated heterocycles. The number of hydrogen-bond acceptors (Lipinski definition) is 7. The third kappa shape index (κ3) is 5.47. The van der Waals surface area contributed by atoms with Crippen LogP contribution in [0.25, 0.3) is 0 Å². The normalized spacial score (nSPS) is 12.4. The Kier molecular flexibility index (Phi) is 7.14. The van der Waals surface area contributed by atoms with Crippen molar-refractivity contribution in [2.45, 2.75) is 30.1 Å². The Morgan fingerprint density at radius 1 is 1.71 bits per heavy atom. The van der Waals surface area contributed by atoms with Crippen molar-refractivity contribution in [3.8, 4) is 0 Å². The largest absolute Gasteiger partial charge is 0.468 e. The zero-order chi connectivity index (χ0) is 12.5. The highest BCUT2D eigenvalue weighted by Gasteiger charge is 2.17. The predicted octanol–water partition coefficient (Wildman–Crippen LogP) is 1.56. The van der Waals surface area contributed by atoms with E-state index in [0.29, 0.717) is 0 Å². The van der Waals surface area contributed by atoms with Gasteiger partial charge in [0.05, 0.1) is 7.11 Å². The summed E-state index contributed by atoms with van der Waals surface area (Å²) in [5.41, 5.74) is 0. The van der Waals surface area contributed by atoms with Crippen LogP contribution in [0.1, 0.15) is 19.8 Å². The number of hydrogen-bond donors (Lipinski definition) is 1. The Hall–Kier alpha value is -0.660. The molecule has 7 heteroatoms. The fraction of sp³-hybridized carbons (Fsp3) is 0.700. The lowest BCUT2D eigenvalue weighted by Gasteiger charge is -2.15. The second-order valence-corrected chi connectivity index (χ2v) is 5.50. The first-order valence-electron chi connectivity index (χ1n) is 5.48. The molecule has 1 aromatic heterocycles. The van der Waals surface area contributed by atoms with Crippen molar-refractivity contribution in [3.63, 3.8) is 0 Å². The van der Waals surface area contributed by atoms with Crippen molar-refractivity contribution in [1.29, 1.82) is 0 Å². The van der Waals surface area contributed by atoms with Crippen LogP contribution in [0, 0.1) is 0 Å². The van der Waals surface area contributed by atoms with Crippen LogP contribution in [0.3, 0.4) is 0 Å². The summed E-state index contributed by atoms with van der Waals surface area (Å²) in [6.07, 6.45) is 3.27. The smallest absolute Gasteiger partial charge is 0.322 e. The van der Waals surface area contributed by atoms with Crippen LogP contribution in [-0.4, -0.2) is 40.8 Å². The van der Waals surface area contributed by atoms with Gasteiger partial charge in [0.25, 0.3) is 0 Å². The number of nitrogens with one attached hydrogen (secondary N) is 1. The molecule has 1 N–H and O–H groups in total. The Morgan fingerprint density at radius 2 is 2.53 bits per heavy atom. The molecule has 0 aliphatic rings. The molecule has 0 aromatic carbocycles. The van der Waals surface area contributed by atoms with Gasteiger partial charge < -0.3 is 10.1 Å². The van der Waals surface area contributed by atoms with Crippen LogP contribution >= 0.6 is 23.3 Å². The predicted molar refractivity (Wildman–Crippen MR) is 69.3 cm³/mol. The second kappa shape index (κ2) is 8.43. The van der Waals surface area contributed by atoms with E-state index in [1.807, 2.05) is 0 Å². The van der Waals surface area contributed by atoms with Crippen LogP contribution in [-0.2, 0) is 9.53 Å². The molecule has 0 radical (unpaired) electrons. The Morgan fingerprint density at radius 3 is 3.12 bits per heavy atom. The van der Waals surface area contributed by atoms with E-state index in [-0.39, 0.29) is 12.0 Å². The first-order chi connectivity index (χ1) is 8.27. The molecule has 1 rings (SSSR count). The maximum atomic E-state index is 11.5. The topological polar surface area (TPSA) is 64.1 Å². The lowest BCUT2D eigenvalue weighted by Crippen LogP contribution is -2.38. The first kappa shape index (κ1) is 14.4. The quantitative estimate of drug-likeness (QED) is 0.574. The molecule has 0 amide bonds. The van der Waals surface area contributed by atoms with Gasteiger partial charge in [0.15, 0.2) is 4.34 Å². The molecule has 17 heavy (non-hydrogen) atoms. The molecule has 1 atom stereocenters. The summed E-state index contributed by atoms with van der Waals surface area (Å²) < 4.78 is 9.62. The molecule has 1 heterocycles. The maximum absolute atomic E-state index is 11.5. The molecule has 5 nitrogen and oxygen atoms in total. The van der Waals surface area contributed by atoms with Crippen molar-refractivity contribution < 1.29 is 9.53 Å². The molecular weight excluding hydrogens is 258 g/mol. The van der Waals surface area contributed by atoms with E-state index in [2.05, 4.69) is 21.6 Å². The molecule has 0 aliphatic heterocycles. The average Bonchev–Trinajstić information content (AvgIpc) is 2.85. The van der Waals surface area contributed by atoms with Gasteiger partial charge in [-0.05, 0) is 30.9 Å². The summed E-state index contributed by atoms with van der Waals surface area (Å²) in [5, 5.41) is 3.18. The molecule has 0 bridgehead atoms. The number of esters is 1. The van der Waals surface area contributed by atoms with Gasteiger partial charge in [-0.3, -0.25) is 4.79 Å². The number of rotatable bonds is 8. The van der Waals surface area contributed by atoms with Gasteiger partial charge in [-0.15, -0.1) is 0 Å². The van der Waals surface area contributed by atoms with Crippen molar-refractivity contribution in [2.75, 3.05) is 19.4 Å². The van der Waals surface area contributed by atoms with E-state index >= 15 is 0 Å². The Bertz CT molecular complexity index is 319. The minimum atomic E-state index is -0.222. The molecule has 0 spiro atoms. The van der Waals surface area contributed by atoms with E-state index in [9.17, 15) is 4.79 Å². The summed E-state index contributed by atoms with van der Waals surface area (Å²) in [7, 11) is 1.42. The van der Waals surface area contributed by atoms with Gasteiger partial charge in [0, 0.05) is 5.75 Å². The minimum absolute atomic E-state index is 0.198. The summed E-state index contributed by atoms with van der Waals surface area (Å²) in [6.45, 7) is 2.89. The van der Waals surface area contributed by atoms with Crippen molar-refractivity contribution in [2.24, 2.45) is 0 Å². The molecular formula is C10H17N3O2S2. The lowest BCUT2D eigenvalue weighted by molar-refractivity contribution is -0.143. The summed E-state index contributed by atoms with van der Waals surface area (Å²) in [6, 6.07) is -0.222. The van der Waals surface area contributed by atoms with Gasteiger partial charge in [-0.25, -0.2) is 4.98 Å². The number of methoxy groups -OCH3 is 1. The molecule has 0 fully saturated rings. The highest BCUT2D eigenvalue weighted by Crippen LogP contribution is 2.19. The highest BCUT2D eigenvalue weighted by atomic mass is 32.2. The molecule has 96 valence electrons. The van der Waals surface area contributed by atoms with Crippen LogP contribution in [0.5, 0.6) is 0 Å². The summed E-state index contributed by atoms with van der Waals surface area (Å²) >= 11 is 2.99. The highest BCUT2D eigenvalue weighted by molar-refractivity contribution is 8.00. The lowest BCUT2D eigenvalue weighted by atomic mass is 10.2. The van der Waals surface area contributed by atoms with Crippen LogP contribution < -0.4 is 5.32 Å². The van der Waals surface area contributed by atoms with Gasteiger partial charge in [0.1, 0.15) is 12.4 Å². The molecule has 0 aliphatic carbocycles. The number of aromatic nitrogens is 2. The second-order valence-electron chi connectivity index (χ2n) is 3.37. The van der Waals surface area contributed by atoms with Crippen molar-refractivity contribution in [1.82, 2.24) is 14.7 Å². The number of ether oxygens (including phenoxy) is 1. The zero-order valence-corrected chi connectivity index (χ0v) is 11.6. The van der Waals surface area contributed by atoms with E-state index < -0.39 is 0 Å². The third-order valence-corrected chi connectivity index (χ3v) is 3.93.